The number of nitrogens with one attached hydrogen (secondary N) is 2. The van der Waals surface area contributed by atoms with Crippen molar-refractivity contribution in [1.29, 1.82) is 0 Å². The lowest BCUT2D eigenvalue weighted by Gasteiger charge is -2.29. The molecule has 0 atom stereocenters. The Kier molecular flexibility index (Phi) is 6.29. The van der Waals surface area contributed by atoms with Gasteiger partial charge in [-0.25, -0.2) is 13.1 Å². The van der Waals surface area contributed by atoms with Gasteiger partial charge in [-0.3, -0.25) is 0 Å². The fraction of sp³-hybridized carbons (Fsp3) is 0.625. The molecule has 0 aromatic heterocycles. The molecule has 1 fully saturated rings. The Labute approximate surface area is 142 Å². The lowest BCUT2D eigenvalue weighted by atomic mass is 9.86. The van der Waals surface area contributed by atoms with E-state index >= 15 is 0 Å². The van der Waals surface area contributed by atoms with Gasteiger partial charge in [0.2, 0.25) is 10.0 Å². The van der Waals surface area contributed by atoms with E-state index in [1.807, 2.05) is 12.1 Å². The van der Waals surface area contributed by atoms with E-state index in [0.717, 1.165) is 42.4 Å². The second-order valence-corrected chi connectivity index (χ2v) is 9.50. The van der Waals surface area contributed by atoms with Crippen LogP contribution in [0.5, 0.6) is 0 Å². The lowest BCUT2D eigenvalue weighted by Crippen LogP contribution is -2.41. The third-order valence-electron chi connectivity index (χ3n) is 4.24. The van der Waals surface area contributed by atoms with E-state index in [9.17, 15) is 8.42 Å². The van der Waals surface area contributed by atoms with E-state index in [1.165, 1.54) is 0 Å². The highest BCUT2D eigenvalue weighted by atomic mass is 79.9. The van der Waals surface area contributed by atoms with Gasteiger partial charge in [-0.05, 0) is 69.7 Å². The molecule has 2 N–H and O–H groups in total. The second kappa shape index (κ2) is 7.79. The van der Waals surface area contributed by atoms with Gasteiger partial charge in [0.05, 0.1) is 5.25 Å². The van der Waals surface area contributed by atoms with Gasteiger partial charge in [-0.2, -0.15) is 0 Å². The van der Waals surface area contributed by atoms with Crippen LogP contribution in [0.3, 0.4) is 0 Å². The van der Waals surface area contributed by atoms with E-state index < -0.39 is 10.0 Å². The number of anilines is 1. The van der Waals surface area contributed by atoms with E-state index in [0.29, 0.717) is 5.92 Å². The predicted molar refractivity (Wildman–Crippen MR) is 95.6 cm³/mol. The maximum Gasteiger partial charge on any atom is 0.214 e. The van der Waals surface area contributed by atoms with Crippen molar-refractivity contribution in [1.82, 2.24) is 4.72 Å². The van der Waals surface area contributed by atoms with E-state index in [1.54, 1.807) is 13.8 Å². The zero-order valence-corrected chi connectivity index (χ0v) is 15.6. The summed E-state index contributed by atoms with van der Waals surface area (Å²) in [6.45, 7) is 4.39. The summed E-state index contributed by atoms with van der Waals surface area (Å²) in [4.78, 5) is 0. The summed E-state index contributed by atoms with van der Waals surface area (Å²) in [6, 6.07) is 8.29. The van der Waals surface area contributed by atoms with E-state index in [-0.39, 0.29) is 11.3 Å². The van der Waals surface area contributed by atoms with Crippen molar-refractivity contribution >= 4 is 31.6 Å². The molecular formula is C16H25BrN2O2S. The molecule has 0 saturated heterocycles. The van der Waals surface area contributed by atoms with Crippen molar-refractivity contribution in [2.45, 2.75) is 50.8 Å². The van der Waals surface area contributed by atoms with Crippen LogP contribution in [0.1, 0.15) is 39.5 Å². The first-order valence-corrected chi connectivity index (χ1v) is 10.2. The van der Waals surface area contributed by atoms with Crippen LogP contribution in [-0.2, 0) is 10.0 Å². The number of rotatable bonds is 6. The molecule has 22 heavy (non-hydrogen) atoms. The fourth-order valence-corrected chi connectivity index (χ4v) is 3.92. The van der Waals surface area contributed by atoms with Crippen LogP contribution < -0.4 is 10.0 Å². The van der Waals surface area contributed by atoms with Gasteiger partial charge in [0.1, 0.15) is 0 Å². The molecule has 0 radical (unpaired) electrons. The molecule has 6 heteroatoms. The van der Waals surface area contributed by atoms with Gasteiger partial charge in [-0.15, -0.1) is 0 Å². The molecular weight excluding hydrogens is 364 g/mol. The third-order valence-corrected chi connectivity index (χ3v) is 6.67. The number of benzene rings is 1. The first kappa shape index (κ1) is 17.8. The van der Waals surface area contributed by atoms with E-state index in [2.05, 4.69) is 38.1 Å². The minimum absolute atomic E-state index is 0.108. The monoisotopic (exact) mass is 388 g/mol. The summed E-state index contributed by atoms with van der Waals surface area (Å²) in [5.74, 6) is 0.614. The molecule has 4 nitrogen and oxygen atoms in total. The minimum Gasteiger partial charge on any atom is -0.385 e. The Bertz CT molecular complexity index is 564. The Morgan fingerprint density at radius 3 is 2.27 bits per heavy atom. The van der Waals surface area contributed by atoms with Crippen LogP contribution in [0, 0.1) is 5.92 Å². The number of hydrogen-bond acceptors (Lipinski definition) is 3. The molecule has 0 spiro atoms. The molecule has 1 aliphatic carbocycles. The Morgan fingerprint density at radius 2 is 1.73 bits per heavy atom. The van der Waals surface area contributed by atoms with Gasteiger partial charge in [0.15, 0.2) is 0 Å². The molecule has 0 bridgehead atoms. The SMILES string of the molecule is CC(C)S(=O)(=O)NC1CCC(CNc2ccc(Br)cc2)CC1. The third kappa shape index (κ3) is 5.25. The van der Waals surface area contributed by atoms with Crippen molar-refractivity contribution in [3.8, 4) is 0 Å². The Morgan fingerprint density at radius 1 is 1.14 bits per heavy atom. The topological polar surface area (TPSA) is 58.2 Å². The smallest absolute Gasteiger partial charge is 0.214 e. The first-order valence-electron chi connectivity index (χ1n) is 7.87. The summed E-state index contributed by atoms with van der Waals surface area (Å²) in [5, 5.41) is 3.11. The molecule has 0 unspecified atom stereocenters. The average molecular weight is 389 g/mol. The van der Waals surface area contributed by atoms with Gasteiger partial charge >= 0.3 is 0 Å². The van der Waals surface area contributed by atoms with Gasteiger partial charge in [0, 0.05) is 22.7 Å². The molecule has 1 aliphatic rings. The molecule has 0 amide bonds. The second-order valence-electron chi connectivity index (χ2n) is 6.32. The largest absolute Gasteiger partial charge is 0.385 e. The standard InChI is InChI=1S/C16H25BrN2O2S/c1-12(2)22(20,21)19-16-7-3-13(4-8-16)11-18-15-9-5-14(17)6-10-15/h5-6,9-10,12-13,16,18-19H,3-4,7-8,11H2,1-2H3. The molecule has 124 valence electrons. The van der Waals surface area contributed by atoms with Crippen LogP contribution in [0.2, 0.25) is 0 Å². The summed E-state index contributed by atoms with van der Waals surface area (Å²) in [6.07, 6.45) is 3.99. The molecule has 0 heterocycles. The number of hydrogen-bond donors (Lipinski definition) is 2. The highest BCUT2D eigenvalue weighted by Gasteiger charge is 2.26. The normalized spacial score (nSPS) is 22.7. The van der Waals surface area contributed by atoms with Crippen molar-refractivity contribution < 1.29 is 8.42 Å². The summed E-state index contributed by atoms with van der Waals surface area (Å²) in [5.41, 5.74) is 1.13. The predicted octanol–water partition coefficient (Wildman–Crippen LogP) is 3.75. The summed E-state index contributed by atoms with van der Waals surface area (Å²) < 4.78 is 27.7. The molecule has 1 aromatic carbocycles. The maximum atomic E-state index is 11.9. The van der Waals surface area contributed by atoms with Crippen molar-refractivity contribution in [3.05, 3.63) is 28.7 Å². The van der Waals surface area contributed by atoms with Crippen molar-refractivity contribution in [2.24, 2.45) is 5.92 Å². The van der Waals surface area contributed by atoms with Crippen LogP contribution >= 0.6 is 15.9 Å². The zero-order chi connectivity index (χ0) is 16.2. The quantitative estimate of drug-likeness (QED) is 0.779. The Balaban J connectivity index is 1.74. The first-order chi connectivity index (χ1) is 10.4. The molecule has 1 saturated carbocycles. The van der Waals surface area contributed by atoms with Gasteiger partial charge in [-0.1, -0.05) is 15.9 Å². The lowest BCUT2D eigenvalue weighted by molar-refractivity contribution is 0.323. The van der Waals surface area contributed by atoms with Crippen molar-refractivity contribution in [2.75, 3.05) is 11.9 Å². The summed E-state index contributed by atoms with van der Waals surface area (Å²) >= 11 is 3.43. The summed E-state index contributed by atoms with van der Waals surface area (Å²) in [7, 11) is -3.14. The van der Waals surface area contributed by atoms with Gasteiger partial charge in [0.25, 0.3) is 0 Å². The van der Waals surface area contributed by atoms with Gasteiger partial charge < -0.3 is 5.32 Å². The average Bonchev–Trinajstić information content (AvgIpc) is 2.48. The Hall–Kier alpha value is -0.590. The highest BCUT2D eigenvalue weighted by Crippen LogP contribution is 2.25. The fourth-order valence-electron chi connectivity index (χ4n) is 2.68. The highest BCUT2D eigenvalue weighted by molar-refractivity contribution is 9.10. The molecule has 1 aromatic rings. The number of sulfonamides is 1. The molecule has 0 aliphatic heterocycles. The zero-order valence-electron chi connectivity index (χ0n) is 13.2. The minimum atomic E-state index is -3.14. The maximum absolute atomic E-state index is 11.9. The van der Waals surface area contributed by atoms with Crippen LogP contribution in [0.15, 0.2) is 28.7 Å². The van der Waals surface area contributed by atoms with E-state index in [4.69, 9.17) is 0 Å². The number of halogens is 1. The van der Waals surface area contributed by atoms with Crippen LogP contribution in [0.4, 0.5) is 5.69 Å². The molecule has 2 rings (SSSR count). The van der Waals surface area contributed by atoms with Crippen molar-refractivity contribution in [3.63, 3.8) is 0 Å². The van der Waals surface area contributed by atoms with Crippen LogP contribution in [0.25, 0.3) is 0 Å². The van der Waals surface area contributed by atoms with Crippen LogP contribution in [-0.4, -0.2) is 26.3 Å².